The van der Waals surface area contributed by atoms with Gasteiger partial charge in [0.05, 0.1) is 43.5 Å². The number of amides is 1. The average Bonchev–Trinajstić information content (AvgIpc) is 3.35. The third-order valence-corrected chi connectivity index (χ3v) is 7.78. The van der Waals surface area contributed by atoms with Gasteiger partial charge in [-0.1, -0.05) is 12.6 Å². The molecule has 3 aromatic heterocycles. The second-order valence-corrected chi connectivity index (χ2v) is 10.8. The number of fused-ring (bicyclic) bond motifs is 1. The Morgan fingerprint density at radius 2 is 1.92 bits per heavy atom. The van der Waals surface area contributed by atoms with Gasteiger partial charge >= 0.3 is 0 Å². The van der Waals surface area contributed by atoms with Crippen molar-refractivity contribution in [3.05, 3.63) is 61.6 Å². The smallest absolute Gasteiger partial charge is 0.247 e. The Bertz CT molecular complexity index is 1450. The zero-order chi connectivity index (χ0) is 27.2. The number of nitrogens with one attached hydrogen (secondary N) is 1. The predicted octanol–water partition coefficient (Wildman–Crippen LogP) is 1.05. The van der Waals surface area contributed by atoms with Gasteiger partial charge in [-0.25, -0.2) is 14.5 Å². The number of pyridine rings is 1. The maximum absolute atomic E-state index is 12.3. The number of carbonyl (C=O) groups is 1. The van der Waals surface area contributed by atoms with Crippen molar-refractivity contribution < 1.29 is 14.3 Å². The molecule has 0 bridgehead atoms. The summed E-state index contributed by atoms with van der Waals surface area (Å²) in [5.74, 6) is 1.03. The fraction of sp³-hybridized carbons (Fsp3) is 0.259. The van der Waals surface area contributed by atoms with E-state index >= 15 is 0 Å². The van der Waals surface area contributed by atoms with Gasteiger partial charge in [-0.05, 0) is 43.6 Å². The Morgan fingerprint density at radius 1 is 1.13 bits per heavy atom. The van der Waals surface area contributed by atoms with Crippen LogP contribution < -0.4 is 30.3 Å². The quantitative estimate of drug-likeness (QED) is 0.227. The lowest BCUT2D eigenvalue weighted by molar-refractivity contribution is -0.111. The minimum atomic E-state index is -1.22. The SMILES string of the molecule is C=CC(=O)Nc1cc([SiH2]c2ncc(OC)c(-c3cnn4ccccc34)n2)c(OC)cc1N(C)CCN(C)C. The molecule has 0 aliphatic rings. The molecular weight excluding hydrogens is 498 g/mol. The van der Waals surface area contributed by atoms with E-state index in [4.69, 9.17) is 14.5 Å². The molecule has 0 radical (unpaired) electrons. The monoisotopic (exact) mass is 531 g/mol. The van der Waals surface area contributed by atoms with Gasteiger partial charge in [-0.15, -0.1) is 0 Å². The summed E-state index contributed by atoms with van der Waals surface area (Å²) >= 11 is 0. The number of rotatable bonds is 11. The number of nitrogens with zero attached hydrogens (tertiary/aromatic N) is 6. The zero-order valence-electron chi connectivity index (χ0n) is 22.4. The van der Waals surface area contributed by atoms with E-state index < -0.39 is 9.52 Å². The number of ether oxygens (including phenoxy) is 2. The van der Waals surface area contributed by atoms with Gasteiger partial charge in [0.1, 0.15) is 26.4 Å². The first-order valence-corrected chi connectivity index (χ1v) is 13.6. The molecule has 4 aromatic rings. The molecule has 10 nitrogen and oxygen atoms in total. The lowest BCUT2D eigenvalue weighted by Crippen LogP contribution is -2.35. The molecule has 0 saturated heterocycles. The number of hydrogen-bond acceptors (Lipinski definition) is 8. The van der Waals surface area contributed by atoms with Crippen LogP contribution >= 0.6 is 0 Å². The molecule has 1 N–H and O–H groups in total. The Balaban J connectivity index is 1.74. The summed E-state index contributed by atoms with van der Waals surface area (Å²) in [4.78, 5) is 26.0. The Morgan fingerprint density at radius 3 is 2.63 bits per heavy atom. The van der Waals surface area contributed by atoms with Crippen LogP contribution in [0.5, 0.6) is 11.5 Å². The molecule has 0 aliphatic heterocycles. The van der Waals surface area contributed by atoms with Crippen LogP contribution in [0.4, 0.5) is 11.4 Å². The highest BCUT2D eigenvalue weighted by Crippen LogP contribution is 2.30. The molecule has 0 aliphatic carbocycles. The fourth-order valence-electron chi connectivity index (χ4n) is 4.13. The van der Waals surface area contributed by atoms with E-state index in [9.17, 15) is 4.79 Å². The summed E-state index contributed by atoms with van der Waals surface area (Å²) < 4.78 is 13.2. The highest BCUT2D eigenvalue weighted by atomic mass is 28.2. The van der Waals surface area contributed by atoms with E-state index in [1.54, 1.807) is 31.1 Å². The first-order chi connectivity index (χ1) is 18.3. The average molecular weight is 532 g/mol. The third-order valence-electron chi connectivity index (χ3n) is 6.19. The minimum absolute atomic E-state index is 0.277. The fourth-order valence-corrected chi connectivity index (χ4v) is 5.62. The van der Waals surface area contributed by atoms with E-state index in [-0.39, 0.29) is 5.91 Å². The Labute approximate surface area is 224 Å². The molecule has 0 saturated carbocycles. The molecule has 198 valence electrons. The summed E-state index contributed by atoms with van der Waals surface area (Å²) in [6.45, 7) is 5.23. The van der Waals surface area contributed by atoms with Crippen LogP contribution in [-0.2, 0) is 4.79 Å². The molecule has 0 fully saturated rings. The second-order valence-electron chi connectivity index (χ2n) is 9.07. The maximum Gasteiger partial charge on any atom is 0.247 e. The van der Waals surface area contributed by atoms with Crippen LogP contribution in [0.25, 0.3) is 16.8 Å². The van der Waals surface area contributed by atoms with Crippen molar-refractivity contribution in [2.45, 2.75) is 0 Å². The van der Waals surface area contributed by atoms with E-state index in [0.29, 0.717) is 22.6 Å². The van der Waals surface area contributed by atoms with E-state index in [2.05, 4.69) is 31.8 Å². The number of aromatic nitrogens is 4. The van der Waals surface area contributed by atoms with Crippen molar-refractivity contribution in [1.82, 2.24) is 24.5 Å². The lowest BCUT2D eigenvalue weighted by Gasteiger charge is -2.25. The molecule has 0 atom stereocenters. The molecular formula is C27H33N7O3Si. The zero-order valence-corrected chi connectivity index (χ0v) is 23.8. The van der Waals surface area contributed by atoms with Crippen molar-refractivity contribution in [3.63, 3.8) is 0 Å². The number of benzene rings is 1. The summed E-state index contributed by atoms with van der Waals surface area (Å²) in [5.41, 5.74) is 4.74. The largest absolute Gasteiger partial charge is 0.497 e. The third kappa shape index (κ3) is 5.84. The van der Waals surface area contributed by atoms with E-state index in [1.807, 2.05) is 57.7 Å². The Kier molecular flexibility index (Phi) is 8.39. The minimum Gasteiger partial charge on any atom is -0.497 e. The first-order valence-electron chi connectivity index (χ1n) is 12.2. The molecule has 1 aromatic carbocycles. The summed E-state index contributed by atoms with van der Waals surface area (Å²) in [6.07, 6.45) is 6.64. The number of likely N-dealkylation sites (N-methyl/N-ethyl adjacent to an activating group) is 2. The van der Waals surface area contributed by atoms with Gasteiger partial charge in [-0.3, -0.25) is 4.79 Å². The van der Waals surface area contributed by atoms with Gasteiger partial charge in [0.15, 0.2) is 5.75 Å². The summed E-state index contributed by atoms with van der Waals surface area (Å²) in [5, 5.41) is 8.37. The van der Waals surface area contributed by atoms with Crippen molar-refractivity contribution in [3.8, 4) is 22.8 Å². The van der Waals surface area contributed by atoms with Gasteiger partial charge < -0.3 is 24.6 Å². The van der Waals surface area contributed by atoms with Crippen molar-refractivity contribution >= 4 is 43.0 Å². The number of methoxy groups -OCH3 is 2. The molecule has 11 heteroatoms. The molecule has 0 spiro atoms. The van der Waals surface area contributed by atoms with Gasteiger partial charge in [0.25, 0.3) is 0 Å². The van der Waals surface area contributed by atoms with E-state index in [1.165, 1.54) is 6.08 Å². The molecule has 3 heterocycles. The molecule has 4 rings (SSSR count). The highest BCUT2D eigenvalue weighted by molar-refractivity contribution is 6.66. The Hall–Kier alpha value is -4.22. The van der Waals surface area contributed by atoms with Crippen LogP contribution in [0.3, 0.4) is 0 Å². The topological polar surface area (TPSA) is 97.1 Å². The van der Waals surface area contributed by atoms with E-state index in [0.717, 1.165) is 40.8 Å². The highest BCUT2D eigenvalue weighted by Gasteiger charge is 2.19. The van der Waals surface area contributed by atoms with Crippen LogP contribution in [0.15, 0.2) is 61.6 Å². The first kappa shape index (κ1) is 26.8. The van der Waals surface area contributed by atoms with Crippen molar-refractivity contribution in [2.24, 2.45) is 0 Å². The number of anilines is 2. The van der Waals surface area contributed by atoms with Crippen LogP contribution in [-0.4, -0.2) is 88.4 Å². The molecule has 1 amide bonds. The van der Waals surface area contributed by atoms with Gasteiger partial charge in [-0.2, -0.15) is 5.10 Å². The second kappa shape index (κ2) is 11.9. The van der Waals surface area contributed by atoms with Crippen LogP contribution in [0.1, 0.15) is 0 Å². The lowest BCUT2D eigenvalue weighted by atomic mass is 10.2. The molecule has 38 heavy (non-hydrogen) atoms. The van der Waals surface area contributed by atoms with Crippen molar-refractivity contribution in [2.75, 3.05) is 58.7 Å². The molecule has 0 unspecified atom stereocenters. The van der Waals surface area contributed by atoms with Crippen LogP contribution in [0, 0.1) is 0 Å². The summed E-state index contributed by atoms with van der Waals surface area (Å²) in [7, 11) is 8.09. The van der Waals surface area contributed by atoms with Crippen molar-refractivity contribution in [1.29, 1.82) is 0 Å². The summed E-state index contributed by atoms with van der Waals surface area (Å²) in [6, 6.07) is 9.81. The van der Waals surface area contributed by atoms with Gasteiger partial charge in [0.2, 0.25) is 5.91 Å². The normalized spacial score (nSPS) is 11.3. The van der Waals surface area contributed by atoms with Crippen LogP contribution in [0.2, 0.25) is 0 Å². The standard InChI is InChI=1S/C27H33N7O3Si/c1-7-25(35)30-19-14-24(22(36-5)15-21(19)33(4)13-12-32(2)3)38-27-28-17-23(37-6)26(31-27)18-16-29-34-11-9-8-10-20(18)34/h7-11,14-17H,1,12-13,38H2,2-6H3,(H,30,35). The van der Waals surface area contributed by atoms with Gasteiger partial charge in [0, 0.05) is 38.0 Å². The number of carbonyl (C=O) groups excluding carboxylic acids is 1. The predicted molar refractivity (Wildman–Crippen MR) is 154 cm³/mol. The number of hydrogen-bond donors (Lipinski definition) is 1. The maximum atomic E-state index is 12.3.